The molecule has 172 valence electrons. The lowest BCUT2D eigenvalue weighted by Crippen LogP contribution is -2.46. The molecule has 2 aromatic rings. The number of amides is 3. The number of carbonyl (C=O) groups excluding carboxylic acids is 3. The highest BCUT2D eigenvalue weighted by molar-refractivity contribution is 6.30. The summed E-state index contributed by atoms with van der Waals surface area (Å²) in [5, 5.41) is 0.609. The van der Waals surface area contributed by atoms with Gasteiger partial charge in [0.25, 0.3) is 5.91 Å². The largest absolute Gasteiger partial charge is 0.329 e. The molecule has 6 heteroatoms. The molecule has 1 atom stereocenters. The summed E-state index contributed by atoms with van der Waals surface area (Å²) in [5.74, 6) is -0.744. The number of hydrogen-bond acceptors (Lipinski definition) is 3. The first-order valence-corrected chi connectivity index (χ1v) is 12.0. The van der Waals surface area contributed by atoms with E-state index in [1.807, 2.05) is 31.2 Å². The molecule has 0 saturated carbocycles. The van der Waals surface area contributed by atoms with Gasteiger partial charge in [0.15, 0.2) is 0 Å². The predicted octanol–water partition coefficient (Wildman–Crippen LogP) is 5.24. The van der Waals surface area contributed by atoms with E-state index in [-0.39, 0.29) is 30.6 Å². The van der Waals surface area contributed by atoms with Crippen LogP contribution in [0.5, 0.6) is 0 Å². The average Bonchev–Trinajstić information content (AvgIpc) is 3.10. The molecule has 1 unspecified atom stereocenters. The molecule has 2 aliphatic rings. The Morgan fingerprint density at radius 2 is 1.79 bits per heavy atom. The third kappa shape index (κ3) is 5.53. The van der Waals surface area contributed by atoms with Crippen LogP contribution < -0.4 is 4.90 Å². The molecule has 1 aliphatic carbocycles. The Hall–Kier alpha value is -2.92. The van der Waals surface area contributed by atoms with Crippen LogP contribution in [0.2, 0.25) is 5.02 Å². The number of rotatable bonds is 7. The van der Waals surface area contributed by atoms with Crippen LogP contribution in [0.3, 0.4) is 0 Å². The van der Waals surface area contributed by atoms with Gasteiger partial charge in [-0.3, -0.25) is 14.4 Å². The zero-order valence-electron chi connectivity index (χ0n) is 18.9. The maximum absolute atomic E-state index is 13.4. The Bertz CT molecular complexity index is 1060. The highest BCUT2D eigenvalue weighted by Crippen LogP contribution is 2.28. The molecule has 4 rings (SSSR count). The fourth-order valence-electron chi connectivity index (χ4n) is 4.55. The fourth-order valence-corrected chi connectivity index (χ4v) is 4.68. The standard InChI is InChI=1S/C27H29ClN2O3/c1-19-7-13-23(14-8-19)30-26(32)18-24(27(30)33)29(16-15-20-5-3-2-4-6-20)25(31)17-21-9-11-22(28)12-10-21/h5,7-14,24H,2-4,6,15-18H2,1H3. The lowest BCUT2D eigenvalue weighted by molar-refractivity contribution is -0.137. The summed E-state index contributed by atoms with van der Waals surface area (Å²) in [6.45, 7) is 2.39. The van der Waals surface area contributed by atoms with Gasteiger partial charge < -0.3 is 4.90 Å². The van der Waals surface area contributed by atoms with Crippen molar-refractivity contribution in [2.45, 2.75) is 57.9 Å². The van der Waals surface area contributed by atoms with Gasteiger partial charge in [-0.15, -0.1) is 0 Å². The molecule has 1 fully saturated rings. The van der Waals surface area contributed by atoms with Gasteiger partial charge in [0.1, 0.15) is 6.04 Å². The minimum absolute atomic E-state index is 0.0120. The maximum Gasteiger partial charge on any atom is 0.257 e. The van der Waals surface area contributed by atoms with Gasteiger partial charge in [0.2, 0.25) is 11.8 Å². The van der Waals surface area contributed by atoms with Gasteiger partial charge in [-0.1, -0.05) is 53.1 Å². The smallest absolute Gasteiger partial charge is 0.257 e. The number of nitrogens with zero attached hydrogens (tertiary/aromatic N) is 2. The maximum atomic E-state index is 13.4. The van der Waals surface area contributed by atoms with Crippen molar-refractivity contribution in [3.8, 4) is 0 Å². The quantitative estimate of drug-likeness (QED) is 0.415. The molecular formula is C27H29ClN2O3. The first-order valence-electron chi connectivity index (χ1n) is 11.6. The number of benzene rings is 2. The van der Waals surface area contributed by atoms with Crippen LogP contribution in [0.4, 0.5) is 5.69 Å². The van der Waals surface area contributed by atoms with E-state index in [2.05, 4.69) is 6.08 Å². The third-order valence-corrected chi connectivity index (χ3v) is 6.69. The molecule has 0 spiro atoms. The minimum Gasteiger partial charge on any atom is -0.329 e. The average molecular weight is 465 g/mol. The first kappa shape index (κ1) is 23.2. The van der Waals surface area contributed by atoms with Crippen molar-refractivity contribution in [3.63, 3.8) is 0 Å². The number of allylic oxidation sites excluding steroid dienone is 1. The van der Waals surface area contributed by atoms with E-state index in [1.54, 1.807) is 29.2 Å². The second-order valence-electron chi connectivity index (χ2n) is 8.87. The third-order valence-electron chi connectivity index (χ3n) is 6.44. The summed E-state index contributed by atoms with van der Waals surface area (Å²) in [5.41, 5.74) is 3.77. The van der Waals surface area contributed by atoms with E-state index in [0.717, 1.165) is 36.8 Å². The zero-order valence-corrected chi connectivity index (χ0v) is 19.7. The Kier molecular flexibility index (Phi) is 7.29. The summed E-state index contributed by atoms with van der Waals surface area (Å²) in [6.07, 6.45) is 7.62. The van der Waals surface area contributed by atoms with Crippen molar-refractivity contribution in [3.05, 3.63) is 76.3 Å². The van der Waals surface area contributed by atoms with Gasteiger partial charge in [0.05, 0.1) is 18.5 Å². The molecule has 5 nitrogen and oxygen atoms in total. The second-order valence-corrected chi connectivity index (χ2v) is 9.31. The lowest BCUT2D eigenvalue weighted by Gasteiger charge is -2.29. The van der Waals surface area contributed by atoms with Gasteiger partial charge in [-0.05, 0) is 68.9 Å². The highest BCUT2D eigenvalue weighted by atomic mass is 35.5. The van der Waals surface area contributed by atoms with Gasteiger partial charge in [-0.25, -0.2) is 4.90 Å². The number of aryl methyl sites for hydroxylation is 1. The Labute approximate surface area is 200 Å². The summed E-state index contributed by atoms with van der Waals surface area (Å²) in [7, 11) is 0. The molecule has 1 saturated heterocycles. The molecule has 0 N–H and O–H groups in total. The topological polar surface area (TPSA) is 57.7 Å². The monoisotopic (exact) mass is 464 g/mol. The lowest BCUT2D eigenvalue weighted by atomic mass is 9.96. The molecule has 0 bridgehead atoms. The van der Waals surface area contributed by atoms with Crippen LogP contribution >= 0.6 is 11.6 Å². The van der Waals surface area contributed by atoms with Gasteiger partial charge >= 0.3 is 0 Å². The number of carbonyl (C=O) groups is 3. The second kappa shape index (κ2) is 10.3. The van der Waals surface area contributed by atoms with Crippen molar-refractivity contribution >= 4 is 35.0 Å². The molecule has 1 aliphatic heterocycles. The van der Waals surface area contributed by atoms with Gasteiger partial charge in [0, 0.05) is 11.6 Å². The van der Waals surface area contributed by atoms with Crippen molar-refractivity contribution in [1.29, 1.82) is 0 Å². The van der Waals surface area contributed by atoms with E-state index in [4.69, 9.17) is 11.6 Å². The van der Waals surface area contributed by atoms with Crippen molar-refractivity contribution in [2.75, 3.05) is 11.4 Å². The van der Waals surface area contributed by atoms with E-state index >= 15 is 0 Å². The highest BCUT2D eigenvalue weighted by Gasteiger charge is 2.44. The summed E-state index contributed by atoms with van der Waals surface area (Å²) in [4.78, 5) is 42.5. The van der Waals surface area contributed by atoms with E-state index in [0.29, 0.717) is 17.3 Å². The number of hydrogen-bond donors (Lipinski definition) is 0. The van der Waals surface area contributed by atoms with Gasteiger partial charge in [-0.2, -0.15) is 0 Å². The minimum atomic E-state index is -0.775. The molecule has 33 heavy (non-hydrogen) atoms. The molecule has 3 amide bonds. The Morgan fingerprint density at radius 1 is 1.06 bits per heavy atom. The van der Waals surface area contributed by atoms with Crippen LogP contribution in [0.15, 0.2) is 60.2 Å². The van der Waals surface area contributed by atoms with Crippen LogP contribution in [0.1, 0.15) is 49.7 Å². The number of halogens is 1. The first-order chi connectivity index (χ1) is 15.9. The Morgan fingerprint density at radius 3 is 2.45 bits per heavy atom. The normalized spacial score (nSPS) is 18.4. The van der Waals surface area contributed by atoms with Crippen LogP contribution in [0, 0.1) is 6.92 Å². The number of imide groups is 1. The summed E-state index contributed by atoms with van der Waals surface area (Å²) < 4.78 is 0. The zero-order chi connectivity index (χ0) is 23.4. The number of anilines is 1. The van der Waals surface area contributed by atoms with Crippen LogP contribution in [0.25, 0.3) is 0 Å². The molecule has 0 radical (unpaired) electrons. The molecule has 2 aromatic carbocycles. The van der Waals surface area contributed by atoms with Crippen molar-refractivity contribution in [1.82, 2.24) is 4.90 Å². The predicted molar refractivity (Wildman–Crippen MR) is 130 cm³/mol. The van der Waals surface area contributed by atoms with E-state index < -0.39 is 6.04 Å². The van der Waals surface area contributed by atoms with E-state index in [1.165, 1.54) is 16.9 Å². The molecule has 0 aromatic heterocycles. The summed E-state index contributed by atoms with van der Waals surface area (Å²) >= 11 is 5.98. The Balaban J connectivity index is 1.56. The van der Waals surface area contributed by atoms with Crippen molar-refractivity contribution in [2.24, 2.45) is 0 Å². The molecular weight excluding hydrogens is 436 g/mol. The molecule has 1 heterocycles. The van der Waals surface area contributed by atoms with Crippen LogP contribution in [-0.2, 0) is 20.8 Å². The van der Waals surface area contributed by atoms with Crippen LogP contribution in [-0.4, -0.2) is 35.2 Å². The SMILES string of the molecule is Cc1ccc(N2C(=O)CC(N(CCC3=CCCCC3)C(=O)Cc3ccc(Cl)cc3)C2=O)cc1. The van der Waals surface area contributed by atoms with Crippen molar-refractivity contribution < 1.29 is 14.4 Å². The fraction of sp³-hybridized carbons (Fsp3) is 0.370. The van der Waals surface area contributed by atoms with E-state index in [9.17, 15) is 14.4 Å². The summed E-state index contributed by atoms with van der Waals surface area (Å²) in [6, 6.07) is 13.7.